The summed E-state index contributed by atoms with van der Waals surface area (Å²) in [5.41, 5.74) is 3.11. The van der Waals surface area contributed by atoms with E-state index in [1.807, 2.05) is 31.2 Å². The summed E-state index contributed by atoms with van der Waals surface area (Å²) in [5, 5.41) is 9.47. The molecule has 0 atom stereocenters. The van der Waals surface area contributed by atoms with Crippen molar-refractivity contribution in [2.45, 2.75) is 6.92 Å². The molecule has 0 fully saturated rings. The van der Waals surface area contributed by atoms with Gasteiger partial charge in [0.25, 0.3) is 0 Å². The van der Waals surface area contributed by atoms with Crippen LogP contribution in [0.2, 0.25) is 5.02 Å². The van der Waals surface area contributed by atoms with Crippen LogP contribution in [0, 0.1) is 11.3 Å². The molecule has 2 aromatic carbocycles. The first-order valence-electron chi connectivity index (χ1n) is 6.54. The molecule has 5 heteroatoms. The topological polar surface area (TPSA) is 61.7 Å². The number of H-pyrrole nitrogens is 1. The Balaban J connectivity index is 2.04. The van der Waals surface area contributed by atoms with Gasteiger partial charge in [0.05, 0.1) is 34.3 Å². The summed E-state index contributed by atoms with van der Waals surface area (Å²) in [6.07, 6.45) is 0. The number of nitriles is 1. The standard InChI is InChI=1S/C16H12ClN3O/c1-2-21-15-6-4-11(8-12(15)17)16-19-13-5-3-10(9-18)7-14(13)20-16/h3-8H,2H2,1H3,(H,19,20). The Bertz CT molecular complexity index is 848. The summed E-state index contributed by atoms with van der Waals surface area (Å²) in [7, 11) is 0. The third-order valence-corrected chi connectivity index (χ3v) is 3.41. The second-order valence-electron chi connectivity index (χ2n) is 4.51. The molecule has 0 saturated heterocycles. The van der Waals surface area contributed by atoms with Gasteiger partial charge in [-0.25, -0.2) is 4.98 Å². The van der Waals surface area contributed by atoms with Gasteiger partial charge in [-0.3, -0.25) is 0 Å². The van der Waals surface area contributed by atoms with Crippen molar-refractivity contribution in [3.63, 3.8) is 0 Å². The van der Waals surface area contributed by atoms with Gasteiger partial charge in [0.15, 0.2) is 0 Å². The average molecular weight is 298 g/mol. The molecule has 104 valence electrons. The molecule has 3 aromatic rings. The molecule has 3 rings (SSSR count). The van der Waals surface area contributed by atoms with Crippen molar-refractivity contribution in [1.82, 2.24) is 9.97 Å². The molecular formula is C16H12ClN3O. The number of hydrogen-bond donors (Lipinski definition) is 1. The fourth-order valence-electron chi connectivity index (χ4n) is 2.14. The Morgan fingerprint density at radius 1 is 1.29 bits per heavy atom. The molecule has 0 spiro atoms. The highest BCUT2D eigenvalue weighted by Gasteiger charge is 2.09. The zero-order chi connectivity index (χ0) is 14.8. The highest BCUT2D eigenvalue weighted by Crippen LogP contribution is 2.30. The van der Waals surface area contributed by atoms with Crippen molar-refractivity contribution < 1.29 is 4.74 Å². The van der Waals surface area contributed by atoms with Gasteiger partial charge in [-0.15, -0.1) is 0 Å². The minimum atomic E-state index is 0.549. The number of rotatable bonds is 3. The number of imidazole rings is 1. The lowest BCUT2D eigenvalue weighted by molar-refractivity contribution is 0.340. The second kappa shape index (κ2) is 5.47. The molecule has 4 nitrogen and oxygen atoms in total. The van der Waals surface area contributed by atoms with Crippen LogP contribution in [-0.2, 0) is 0 Å². The molecule has 1 heterocycles. The normalized spacial score (nSPS) is 10.5. The number of halogens is 1. The predicted molar refractivity (Wildman–Crippen MR) is 82.4 cm³/mol. The number of hydrogen-bond acceptors (Lipinski definition) is 3. The van der Waals surface area contributed by atoms with Gasteiger partial charge in [0, 0.05) is 5.56 Å². The smallest absolute Gasteiger partial charge is 0.138 e. The SMILES string of the molecule is CCOc1ccc(-c2nc3ccc(C#N)cc3[nH]2)cc1Cl. The molecule has 0 saturated carbocycles. The van der Waals surface area contributed by atoms with Crippen molar-refractivity contribution >= 4 is 22.6 Å². The molecule has 0 unspecified atom stereocenters. The monoisotopic (exact) mass is 297 g/mol. The van der Waals surface area contributed by atoms with Crippen LogP contribution in [0.1, 0.15) is 12.5 Å². The molecule has 0 aliphatic heterocycles. The van der Waals surface area contributed by atoms with E-state index in [9.17, 15) is 0 Å². The summed E-state index contributed by atoms with van der Waals surface area (Å²) in [6.45, 7) is 2.48. The van der Waals surface area contributed by atoms with Crippen LogP contribution in [0.3, 0.4) is 0 Å². The molecule has 0 aliphatic rings. The zero-order valence-corrected chi connectivity index (χ0v) is 12.1. The molecule has 0 radical (unpaired) electrons. The van der Waals surface area contributed by atoms with E-state index in [4.69, 9.17) is 21.6 Å². The van der Waals surface area contributed by atoms with Gasteiger partial charge in [0.2, 0.25) is 0 Å². The molecule has 21 heavy (non-hydrogen) atoms. The van der Waals surface area contributed by atoms with Gasteiger partial charge >= 0.3 is 0 Å². The van der Waals surface area contributed by atoms with Crippen LogP contribution in [0.15, 0.2) is 36.4 Å². The van der Waals surface area contributed by atoms with Crippen molar-refractivity contribution in [2.24, 2.45) is 0 Å². The van der Waals surface area contributed by atoms with E-state index in [2.05, 4.69) is 16.0 Å². The number of nitrogens with one attached hydrogen (secondary N) is 1. The Morgan fingerprint density at radius 3 is 2.86 bits per heavy atom. The number of fused-ring (bicyclic) bond motifs is 1. The lowest BCUT2D eigenvalue weighted by atomic mass is 10.2. The van der Waals surface area contributed by atoms with E-state index in [0.717, 1.165) is 16.6 Å². The molecule has 0 aliphatic carbocycles. The lowest BCUT2D eigenvalue weighted by Crippen LogP contribution is -1.92. The lowest BCUT2D eigenvalue weighted by Gasteiger charge is -2.06. The van der Waals surface area contributed by atoms with E-state index in [1.165, 1.54) is 0 Å². The van der Waals surface area contributed by atoms with E-state index in [0.29, 0.717) is 28.8 Å². The van der Waals surface area contributed by atoms with Crippen LogP contribution in [-0.4, -0.2) is 16.6 Å². The zero-order valence-electron chi connectivity index (χ0n) is 11.4. The van der Waals surface area contributed by atoms with Gasteiger partial charge in [-0.1, -0.05) is 11.6 Å². The highest BCUT2D eigenvalue weighted by molar-refractivity contribution is 6.32. The van der Waals surface area contributed by atoms with Crippen molar-refractivity contribution in [1.29, 1.82) is 5.26 Å². The maximum absolute atomic E-state index is 8.92. The Hall–Kier alpha value is -2.51. The summed E-state index contributed by atoms with van der Waals surface area (Å²) in [5.74, 6) is 1.37. The first-order chi connectivity index (χ1) is 10.2. The maximum Gasteiger partial charge on any atom is 0.138 e. The van der Waals surface area contributed by atoms with Crippen molar-refractivity contribution in [2.75, 3.05) is 6.61 Å². The van der Waals surface area contributed by atoms with Crippen molar-refractivity contribution in [3.8, 4) is 23.2 Å². The first-order valence-corrected chi connectivity index (χ1v) is 6.91. The third-order valence-electron chi connectivity index (χ3n) is 3.12. The number of benzene rings is 2. The van der Waals surface area contributed by atoms with Crippen LogP contribution in [0.5, 0.6) is 5.75 Å². The van der Waals surface area contributed by atoms with Gasteiger partial charge in [0.1, 0.15) is 11.6 Å². The van der Waals surface area contributed by atoms with Gasteiger partial charge in [-0.2, -0.15) is 5.26 Å². The van der Waals surface area contributed by atoms with Crippen LogP contribution >= 0.6 is 11.6 Å². The van der Waals surface area contributed by atoms with E-state index in [1.54, 1.807) is 12.1 Å². The van der Waals surface area contributed by atoms with Gasteiger partial charge in [-0.05, 0) is 43.3 Å². The number of aromatic amines is 1. The van der Waals surface area contributed by atoms with E-state index >= 15 is 0 Å². The predicted octanol–water partition coefficient (Wildman–Crippen LogP) is 4.15. The minimum absolute atomic E-state index is 0.549. The summed E-state index contributed by atoms with van der Waals surface area (Å²) in [6, 6.07) is 13.0. The molecular weight excluding hydrogens is 286 g/mol. The largest absolute Gasteiger partial charge is 0.492 e. The fourth-order valence-corrected chi connectivity index (χ4v) is 2.37. The van der Waals surface area contributed by atoms with E-state index in [-0.39, 0.29) is 0 Å². The average Bonchev–Trinajstić information content (AvgIpc) is 2.92. The maximum atomic E-state index is 8.92. The Kier molecular flexibility index (Phi) is 3.51. The van der Waals surface area contributed by atoms with Crippen LogP contribution in [0.25, 0.3) is 22.4 Å². The van der Waals surface area contributed by atoms with Crippen LogP contribution < -0.4 is 4.74 Å². The minimum Gasteiger partial charge on any atom is -0.492 e. The number of aromatic nitrogens is 2. The Morgan fingerprint density at radius 2 is 2.14 bits per heavy atom. The number of nitrogens with zero attached hydrogens (tertiary/aromatic N) is 2. The quantitative estimate of drug-likeness (QED) is 0.790. The Labute approximate surface area is 127 Å². The van der Waals surface area contributed by atoms with Gasteiger partial charge < -0.3 is 9.72 Å². The van der Waals surface area contributed by atoms with E-state index < -0.39 is 0 Å². The second-order valence-corrected chi connectivity index (χ2v) is 4.91. The molecule has 1 N–H and O–H groups in total. The summed E-state index contributed by atoms with van der Waals surface area (Å²) >= 11 is 6.19. The van der Waals surface area contributed by atoms with Crippen LogP contribution in [0.4, 0.5) is 0 Å². The summed E-state index contributed by atoms with van der Waals surface area (Å²) in [4.78, 5) is 7.71. The highest BCUT2D eigenvalue weighted by atomic mass is 35.5. The molecule has 0 amide bonds. The fraction of sp³-hybridized carbons (Fsp3) is 0.125. The third kappa shape index (κ3) is 2.56. The van der Waals surface area contributed by atoms with Crippen molar-refractivity contribution in [3.05, 3.63) is 47.0 Å². The molecule has 1 aromatic heterocycles. The first kappa shape index (κ1) is 13.5. The number of ether oxygens (including phenoxy) is 1. The molecule has 0 bridgehead atoms. The summed E-state index contributed by atoms with van der Waals surface area (Å²) < 4.78 is 5.42.